The molecule has 2 unspecified atom stereocenters. The Morgan fingerprint density at radius 1 is 1.12 bits per heavy atom. The molecule has 0 amide bonds. The molecule has 2 rings (SSSR count). The fourth-order valence-corrected chi connectivity index (χ4v) is 2.70. The first-order valence-corrected chi connectivity index (χ1v) is 7.32. The van der Waals surface area contributed by atoms with Gasteiger partial charge in [-0.1, -0.05) is 27.2 Å². The molecule has 2 atom stereocenters. The van der Waals surface area contributed by atoms with Gasteiger partial charge in [0, 0.05) is 32.2 Å². The van der Waals surface area contributed by atoms with Crippen LogP contribution < -0.4 is 5.32 Å². The van der Waals surface area contributed by atoms with E-state index in [9.17, 15) is 0 Å². The molecule has 102 valence electrons. The predicted octanol–water partition coefficient (Wildman–Crippen LogP) is 1.65. The molecule has 0 aromatic heterocycles. The zero-order valence-corrected chi connectivity index (χ0v) is 12.2. The van der Waals surface area contributed by atoms with E-state index in [1.807, 2.05) is 0 Å². The van der Waals surface area contributed by atoms with Crippen molar-refractivity contribution in [3.63, 3.8) is 0 Å². The number of rotatable bonds is 1. The number of likely N-dealkylation sites (N-methyl/N-ethyl adjacent to an activating group) is 1. The maximum atomic E-state index is 3.48. The van der Waals surface area contributed by atoms with Crippen LogP contribution in [-0.4, -0.2) is 62.2 Å². The normalized spacial score (nSPS) is 31.8. The molecule has 2 aliphatic heterocycles. The molecule has 2 fully saturated rings. The van der Waals surface area contributed by atoms with Crippen molar-refractivity contribution >= 4 is 0 Å². The number of hydrogen-bond acceptors (Lipinski definition) is 3. The fourth-order valence-electron chi connectivity index (χ4n) is 2.70. The average Bonchev–Trinajstić information content (AvgIpc) is 2.32. The van der Waals surface area contributed by atoms with E-state index in [-0.39, 0.29) is 0 Å². The van der Waals surface area contributed by atoms with Crippen LogP contribution in [0.1, 0.15) is 33.6 Å². The van der Waals surface area contributed by atoms with Crippen LogP contribution in [0, 0.1) is 5.92 Å². The minimum atomic E-state index is 0.826. The average molecular weight is 241 g/mol. The minimum absolute atomic E-state index is 0.826. The van der Waals surface area contributed by atoms with Gasteiger partial charge in [-0.25, -0.2) is 0 Å². The second-order valence-corrected chi connectivity index (χ2v) is 5.58. The van der Waals surface area contributed by atoms with Crippen molar-refractivity contribution in [3.8, 4) is 0 Å². The van der Waals surface area contributed by atoms with Crippen molar-refractivity contribution in [1.29, 1.82) is 0 Å². The Morgan fingerprint density at radius 3 is 2.24 bits per heavy atom. The Balaban J connectivity index is 0.000000437. The highest BCUT2D eigenvalue weighted by molar-refractivity contribution is 4.85. The highest BCUT2D eigenvalue weighted by Gasteiger charge is 2.28. The van der Waals surface area contributed by atoms with Crippen LogP contribution in [0.15, 0.2) is 0 Å². The van der Waals surface area contributed by atoms with Gasteiger partial charge in [0.05, 0.1) is 0 Å². The Kier molecular flexibility index (Phi) is 7.09. The molecule has 0 spiro atoms. The van der Waals surface area contributed by atoms with E-state index < -0.39 is 0 Å². The SMILES string of the molecule is CC1CNCCC1N1CCN(C)CC1.CCC. The lowest BCUT2D eigenvalue weighted by molar-refractivity contribution is 0.0689. The molecule has 2 saturated heterocycles. The summed E-state index contributed by atoms with van der Waals surface area (Å²) in [4.78, 5) is 5.13. The van der Waals surface area contributed by atoms with Crippen molar-refractivity contribution in [3.05, 3.63) is 0 Å². The van der Waals surface area contributed by atoms with E-state index in [1.165, 1.54) is 52.1 Å². The Labute approximate surface area is 108 Å². The molecule has 0 aromatic rings. The zero-order chi connectivity index (χ0) is 12.7. The summed E-state index contributed by atoms with van der Waals surface area (Å²) in [5, 5.41) is 3.48. The van der Waals surface area contributed by atoms with E-state index >= 15 is 0 Å². The highest BCUT2D eigenvalue weighted by Crippen LogP contribution is 2.18. The van der Waals surface area contributed by atoms with Crippen molar-refractivity contribution in [2.45, 2.75) is 39.7 Å². The van der Waals surface area contributed by atoms with Gasteiger partial charge in [-0.05, 0) is 32.5 Å². The number of piperazine rings is 1. The molecular weight excluding hydrogens is 210 g/mol. The number of nitrogens with one attached hydrogen (secondary N) is 1. The number of hydrogen-bond donors (Lipinski definition) is 1. The summed E-state index contributed by atoms with van der Waals surface area (Å²) in [5.41, 5.74) is 0. The number of nitrogens with zero attached hydrogens (tertiary/aromatic N) is 2. The van der Waals surface area contributed by atoms with E-state index in [0.717, 1.165) is 12.0 Å². The summed E-state index contributed by atoms with van der Waals surface area (Å²) in [7, 11) is 2.23. The third-order valence-electron chi connectivity index (χ3n) is 3.75. The molecule has 0 radical (unpaired) electrons. The van der Waals surface area contributed by atoms with Crippen LogP contribution in [-0.2, 0) is 0 Å². The van der Waals surface area contributed by atoms with Crippen LogP contribution >= 0.6 is 0 Å². The molecular formula is C14H31N3. The smallest absolute Gasteiger partial charge is 0.0146 e. The second kappa shape index (κ2) is 8.06. The van der Waals surface area contributed by atoms with Gasteiger partial charge >= 0.3 is 0 Å². The quantitative estimate of drug-likeness (QED) is 0.753. The Morgan fingerprint density at radius 2 is 1.71 bits per heavy atom. The summed E-state index contributed by atoms with van der Waals surface area (Å²) < 4.78 is 0. The van der Waals surface area contributed by atoms with E-state index in [0.29, 0.717) is 0 Å². The maximum absolute atomic E-state index is 3.48. The van der Waals surface area contributed by atoms with Crippen LogP contribution in [0.4, 0.5) is 0 Å². The van der Waals surface area contributed by atoms with Crippen LogP contribution in [0.5, 0.6) is 0 Å². The van der Waals surface area contributed by atoms with Crippen LogP contribution in [0.3, 0.4) is 0 Å². The van der Waals surface area contributed by atoms with Crippen LogP contribution in [0.2, 0.25) is 0 Å². The van der Waals surface area contributed by atoms with E-state index in [4.69, 9.17) is 0 Å². The topological polar surface area (TPSA) is 18.5 Å². The third kappa shape index (κ3) is 4.94. The van der Waals surface area contributed by atoms with Crippen molar-refractivity contribution < 1.29 is 0 Å². The van der Waals surface area contributed by atoms with Gasteiger partial charge in [-0.3, -0.25) is 4.90 Å². The largest absolute Gasteiger partial charge is 0.316 e. The summed E-state index contributed by atoms with van der Waals surface area (Å²) in [6, 6.07) is 0.838. The van der Waals surface area contributed by atoms with Gasteiger partial charge in [0.2, 0.25) is 0 Å². The predicted molar refractivity (Wildman–Crippen MR) is 75.5 cm³/mol. The van der Waals surface area contributed by atoms with E-state index in [2.05, 4.69) is 42.9 Å². The van der Waals surface area contributed by atoms with Gasteiger partial charge in [0.25, 0.3) is 0 Å². The van der Waals surface area contributed by atoms with Gasteiger partial charge in [-0.15, -0.1) is 0 Å². The highest BCUT2D eigenvalue weighted by atomic mass is 15.3. The third-order valence-corrected chi connectivity index (χ3v) is 3.75. The standard InChI is InChI=1S/C11H23N3.C3H8/c1-10-9-12-4-3-11(10)14-7-5-13(2)6-8-14;1-3-2/h10-12H,3-9H2,1-2H3;3H2,1-2H3. The second-order valence-electron chi connectivity index (χ2n) is 5.58. The van der Waals surface area contributed by atoms with Crippen molar-refractivity contribution in [2.24, 2.45) is 5.92 Å². The molecule has 0 aromatic carbocycles. The molecule has 17 heavy (non-hydrogen) atoms. The molecule has 2 heterocycles. The monoisotopic (exact) mass is 241 g/mol. The molecule has 0 aliphatic carbocycles. The first-order valence-electron chi connectivity index (χ1n) is 7.32. The minimum Gasteiger partial charge on any atom is -0.316 e. The van der Waals surface area contributed by atoms with Gasteiger partial charge in [-0.2, -0.15) is 0 Å². The first-order chi connectivity index (χ1) is 8.19. The summed E-state index contributed by atoms with van der Waals surface area (Å²) >= 11 is 0. The molecule has 3 nitrogen and oxygen atoms in total. The zero-order valence-electron chi connectivity index (χ0n) is 12.2. The lowest BCUT2D eigenvalue weighted by atomic mass is 9.93. The fraction of sp³-hybridized carbons (Fsp3) is 1.00. The maximum Gasteiger partial charge on any atom is 0.0146 e. The van der Waals surface area contributed by atoms with Crippen LogP contribution in [0.25, 0.3) is 0 Å². The van der Waals surface area contributed by atoms with E-state index in [1.54, 1.807) is 0 Å². The molecule has 2 aliphatic rings. The number of piperidine rings is 1. The summed E-state index contributed by atoms with van der Waals surface area (Å²) in [6.07, 6.45) is 2.59. The van der Waals surface area contributed by atoms with Crippen molar-refractivity contribution in [2.75, 3.05) is 46.3 Å². The summed E-state index contributed by atoms with van der Waals surface area (Å²) in [5.74, 6) is 0.826. The van der Waals surface area contributed by atoms with Gasteiger partial charge in [0.1, 0.15) is 0 Å². The van der Waals surface area contributed by atoms with Gasteiger partial charge < -0.3 is 10.2 Å². The van der Waals surface area contributed by atoms with Gasteiger partial charge in [0.15, 0.2) is 0 Å². The molecule has 1 N–H and O–H groups in total. The lowest BCUT2D eigenvalue weighted by Crippen LogP contribution is -2.54. The Bertz CT molecular complexity index is 188. The molecule has 0 bridgehead atoms. The first kappa shape index (κ1) is 14.9. The van der Waals surface area contributed by atoms with Crippen molar-refractivity contribution in [1.82, 2.24) is 15.1 Å². The molecule has 3 heteroatoms. The Hall–Kier alpha value is -0.120. The summed E-state index contributed by atoms with van der Waals surface area (Å²) in [6.45, 7) is 14.1. The lowest BCUT2D eigenvalue weighted by Gasteiger charge is -2.42. The molecule has 0 saturated carbocycles.